The van der Waals surface area contributed by atoms with Crippen LogP contribution in [0.3, 0.4) is 0 Å². The van der Waals surface area contributed by atoms with E-state index in [1.807, 2.05) is 35.7 Å². The summed E-state index contributed by atoms with van der Waals surface area (Å²) in [5.41, 5.74) is 8.63. The van der Waals surface area contributed by atoms with Gasteiger partial charge in [-0.05, 0) is 35.5 Å². The van der Waals surface area contributed by atoms with Crippen molar-refractivity contribution in [3.05, 3.63) is 62.7 Å². The smallest absolute Gasteiger partial charge is 0.266 e. The summed E-state index contributed by atoms with van der Waals surface area (Å²) in [5, 5.41) is 14.3. The maximum Gasteiger partial charge on any atom is 0.266 e. The number of phenolic OH excluding ortho intramolecular Hbond substituents is 1. The number of nitrogens with one attached hydrogen (secondary N) is 1. The van der Waals surface area contributed by atoms with Crippen LogP contribution < -0.4 is 11.3 Å². The highest BCUT2D eigenvalue weighted by Crippen LogP contribution is 2.42. The molecule has 0 bridgehead atoms. The highest BCUT2D eigenvalue weighted by atomic mass is 35.5. The Kier molecular flexibility index (Phi) is 5.25. The van der Waals surface area contributed by atoms with Crippen molar-refractivity contribution >= 4 is 56.3 Å². The number of hydrogen-bond donors (Lipinski definition) is 3. The number of halogens is 2. The zero-order valence-electron chi connectivity index (χ0n) is 13.6. The predicted molar refractivity (Wildman–Crippen MR) is 112 cm³/mol. The fourth-order valence-corrected chi connectivity index (χ4v) is 4.22. The molecule has 0 unspecified atom stereocenters. The maximum absolute atomic E-state index is 12.3. The monoisotopic (exact) mass is 406 g/mol. The van der Waals surface area contributed by atoms with Gasteiger partial charge in [0.2, 0.25) is 0 Å². The van der Waals surface area contributed by atoms with E-state index in [0.29, 0.717) is 27.3 Å². The number of rotatable bonds is 3. The normalized spacial score (nSPS) is 11.0. The second-order valence-electron chi connectivity index (χ2n) is 5.86. The van der Waals surface area contributed by atoms with Crippen LogP contribution in [0.2, 0.25) is 5.02 Å². The van der Waals surface area contributed by atoms with Gasteiger partial charge >= 0.3 is 0 Å². The van der Waals surface area contributed by atoms with Gasteiger partial charge in [0.1, 0.15) is 10.4 Å². The SMILES string of the molecule is Cl.NCCc1ccc(-c2c(O)cc(Cl)c3[nH]c(=O)c4sccc4c23)cc1. The summed E-state index contributed by atoms with van der Waals surface area (Å²) in [7, 11) is 0. The molecule has 0 atom stereocenters. The quantitative estimate of drug-likeness (QED) is 0.461. The van der Waals surface area contributed by atoms with Crippen LogP contribution in [0, 0.1) is 0 Å². The first-order chi connectivity index (χ1) is 12.1. The summed E-state index contributed by atoms with van der Waals surface area (Å²) in [5.74, 6) is 0.0867. The van der Waals surface area contributed by atoms with E-state index < -0.39 is 0 Å². The molecule has 0 amide bonds. The standard InChI is InChI=1S/C19H15ClN2O2S.ClH/c20-13-9-14(23)15(11-3-1-10(2-4-11)5-7-21)16-12-6-8-25-18(12)19(24)22-17(13)16;/h1-4,6,8-9,23H,5,7,21H2,(H,22,24);1H. The molecule has 2 heterocycles. The van der Waals surface area contributed by atoms with Crippen LogP contribution in [0.25, 0.3) is 32.1 Å². The zero-order chi connectivity index (χ0) is 17.6. The third-order valence-corrected chi connectivity index (χ3v) is 5.52. The predicted octanol–water partition coefficient (Wildman–Crippen LogP) is 4.69. The van der Waals surface area contributed by atoms with Crippen LogP contribution in [0.5, 0.6) is 5.75 Å². The first-order valence-corrected chi connectivity index (χ1v) is 9.10. The Labute approximate surface area is 164 Å². The molecule has 2 aromatic heterocycles. The van der Waals surface area contributed by atoms with E-state index in [4.69, 9.17) is 17.3 Å². The Balaban J connectivity index is 0.00000196. The Morgan fingerprint density at radius 3 is 2.62 bits per heavy atom. The molecule has 2 aromatic carbocycles. The lowest BCUT2D eigenvalue weighted by Gasteiger charge is -2.12. The minimum Gasteiger partial charge on any atom is -0.507 e. The van der Waals surface area contributed by atoms with E-state index in [0.717, 1.165) is 28.3 Å². The molecule has 4 nitrogen and oxygen atoms in total. The van der Waals surface area contributed by atoms with Gasteiger partial charge in [-0.1, -0.05) is 35.9 Å². The van der Waals surface area contributed by atoms with E-state index in [1.54, 1.807) is 0 Å². The number of thiophene rings is 1. The Bertz CT molecular complexity index is 1150. The number of fused-ring (bicyclic) bond motifs is 3. The average Bonchev–Trinajstić information content (AvgIpc) is 3.08. The molecule has 26 heavy (non-hydrogen) atoms. The van der Waals surface area contributed by atoms with Crippen LogP contribution in [0.15, 0.2) is 46.6 Å². The summed E-state index contributed by atoms with van der Waals surface area (Å²) >= 11 is 7.66. The van der Waals surface area contributed by atoms with E-state index in [2.05, 4.69) is 4.98 Å². The second-order valence-corrected chi connectivity index (χ2v) is 7.18. The van der Waals surface area contributed by atoms with Gasteiger partial charge in [0.15, 0.2) is 0 Å². The molecule has 0 fully saturated rings. The fourth-order valence-electron chi connectivity index (χ4n) is 3.18. The van der Waals surface area contributed by atoms with Gasteiger partial charge in [0.05, 0.1) is 10.5 Å². The van der Waals surface area contributed by atoms with Gasteiger partial charge in [-0.2, -0.15) is 0 Å². The number of aromatic hydroxyl groups is 1. The summed E-state index contributed by atoms with van der Waals surface area (Å²) in [4.78, 5) is 15.1. The third-order valence-electron chi connectivity index (χ3n) is 4.31. The van der Waals surface area contributed by atoms with E-state index in [-0.39, 0.29) is 23.7 Å². The van der Waals surface area contributed by atoms with Crippen molar-refractivity contribution in [3.8, 4) is 16.9 Å². The number of nitrogens with two attached hydrogens (primary N) is 1. The van der Waals surface area contributed by atoms with Gasteiger partial charge in [-0.3, -0.25) is 4.79 Å². The van der Waals surface area contributed by atoms with Crippen LogP contribution in [-0.4, -0.2) is 16.6 Å². The highest BCUT2D eigenvalue weighted by molar-refractivity contribution is 7.17. The topological polar surface area (TPSA) is 79.1 Å². The molecular weight excluding hydrogens is 391 g/mol. The maximum atomic E-state index is 12.3. The molecule has 0 saturated carbocycles. The number of phenols is 1. The second kappa shape index (κ2) is 7.29. The van der Waals surface area contributed by atoms with Crippen LogP contribution in [0.1, 0.15) is 5.56 Å². The Morgan fingerprint density at radius 1 is 1.19 bits per heavy atom. The van der Waals surface area contributed by atoms with Gasteiger partial charge in [-0.15, -0.1) is 23.7 Å². The molecule has 0 aliphatic heterocycles. The Hall–Kier alpha value is -2.05. The average molecular weight is 407 g/mol. The molecule has 0 radical (unpaired) electrons. The minimum absolute atomic E-state index is 0. The summed E-state index contributed by atoms with van der Waals surface area (Å²) in [6.07, 6.45) is 0.801. The van der Waals surface area contributed by atoms with Crippen molar-refractivity contribution in [2.45, 2.75) is 6.42 Å². The lowest BCUT2D eigenvalue weighted by atomic mass is 9.96. The van der Waals surface area contributed by atoms with Crippen LogP contribution in [-0.2, 0) is 6.42 Å². The molecule has 0 aliphatic carbocycles. The van der Waals surface area contributed by atoms with Gasteiger partial charge in [0.25, 0.3) is 5.56 Å². The number of pyridine rings is 1. The molecule has 0 spiro atoms. The van der Waals surface area contributed by atoms with E-state index in [9.17, 15) is 9.90 Å². The van der Waals surface area contributed by atoms with Crippen molar-refractivity contribution in [2.75, 3.05) is 6.54 Å². The van der Waals surface area contributed by atoms with Crippen LogP contribution >= 0.6 is 35.3 Å². The minimum atomic E-state index is -0.172. The number of H-pyrrole nitrogens is 1. The van der Waals surface area contributed by atoms with Crippen molar-refractivity contribution < 1.29 is 5.11 Å². The lowest BCUT2D eigenvalue weighted by Crippen LogP contribution is -2.05. The van der Waals surface area contributed by atoms with Gasteiger partial charge < -0.3 is 15.8 Å². The molecule has 134 valence electrons. The molecular formula is C19H16Cl2N2O2S. The van der Waals surface area contributed by atoms with Gasteiger partial charge in [0, 0.05) is 22.4 Å². The number of aromatic amines is 1. The molecule has 4 N–H and O–H groups in total. The molecule has 0 aliphatic rings. The molecule has 4 aromatic rings. The number of benzene rings is 2. The van der Waals surface area contributed by atoms with Crippen LogP contribution in [0.4, 0.5) is 0 Å². The number of aromatic nitrogens is 1. The van der Waals surface area contributed by atoms with Crippen molar-refractivity contribution in [1.29, 1.82) is 0 Å². The molecule has 7 heteroatoms. The first-order valence-electron chi connectivity index (χ1n) is 7.84. The van der Waals surface area contributed by atoms with Crippen molar-refractivity contribution in [2.24, 2.45) is 5.73 Å². The summed E-state index contributed by atoms with van der Waals surface area (Å²) in [6, 6.07) is 11.3. The fraction of sp³-hybridized carbons (Fsp3) is 0.105. The lowest BCUT2D eigenvalue weighted by molar-refractivity contribution is 0.478. The zero-order valence-corrected chi connectivity index (χ0v) is 16.0. The Morgan fingerprint density at radius 2 is 1.92 bits per heavy atom. The molecule has 4 rings (SSSR count). The van der Waals surface area contributed by atoms with Crippen molar-refractivity contribution in [3.63, 3.8) is 0 Å². The van der Waals surface area contributed by atoms with Gasteiger partial charge in [-0.25, -0.2) is 0 Å². The summed E-state index contributed by atoms with van der Waals surface area (Å²) < 4.78 is 0.621. The highest BCUT2D eigenvalue weighted by Gasteiger charge is 2.18. The summed E-state index contributed by atoms with van der Waals surface area (Å²) in [6.45, 7) is 0.589. The largest absolute Gasteiger partial charge is 0.507 e. The third kappa shape index (κ3) is 2.97. The van der Waals surface area contributed by atoms with E-state index in [1.165, 1.54) is 17.4 Å². The number of hydrogen-bond acceptors (Lipinski definition) is 4. The van der Waals surface area contributed by atoms with Crippen molar-refractivity contribution in [1.82, 2.24) is 4.98 Å². The van der Waals surface area contributed by atoms with E-state index >= 15 is 0 Å². The molecule has 0 saturated heterocycles. The first kappa shape index (κ1) is 18.7.